The SMILES string of the molecule is Cc1c(C)n(C)c2c(N(Cc3ccccc3)Cc3ccc(F)cc3)cncc12.Cl. The summed E-state index contributed by atoms with van der Waals surface area (Å²) >= 11 is 0. The molecule has 29 heavy (non-hydrogen) atoms. The number of aromatic nitrogens is 2. The number of halogens is 2. The van der Waals surface area contributed by atoms with E-state index in [0.29, 0.717) is 6.54 Å². The zero-order valence-electron chi connectivity index (χ0n) is 16.9. The number of hydrogen-bond donors (Lipinski definition) is 0. The Labute approximate surface area is 177 Å². The molecule has 0 aliphatic carbocycles. The monoisotopic (exact) mass is 409 g/mol. The van der Waals surface area contributed by atoms with Gasteiger partial charge >= 0.3 is 0 Å². The lowest BCUT2D eigenvalue weighted by Gasteiger charge is -2.26. The van der Waals surface area contributed by atoms with Gasteiger partial charge in [-0.15, -0.1) is 12.4 Å². The molecular weight excluding hydrogens is 385 g/mol. The maximum absolute atomic E-state index is 13.4. The number of rotatable bonds is 5. The minimum absolute atomic E-state index is 0. The molecule has 4 aromatic rings. The van der Waals surface area contributed by atoms with Crippen molar-refractivity contribution in [2.45, 2.75) is 26.9 Å². The van der Waals surface area contributed by atoms with Crippen LogP contribution in [0, 0.1) is 19.7 Å². The Hall–Kier alpha value is -2.85. The Bertz CT molecular complexity index is 1100. The van der Waals surface area contributed by atoms with Crippen LogP contribution >= 0.6 is 12.4 Å². The van der Waals surface area contributed by atoms with E-state index in [9.17, 15) is 4.39 Å². The van der Waals surface area contributed by atoms with Crippen LogP contribution in [0.4, 0.5) is 10.1 Å². The molecule has 0 bridgehead atoms. The van der Waals surface area contributed by atoms with Crippen molar-refractivity contribution >= 4 is 29.0 Å². The number of fused-ring (bicyclic) bond motifs is 1. The molecule has 0 saturated heterocycles. The third-order valence-electron chi connectivity index (χ3n) is 5.53. The second-order valence-electron chi connectivity index (χ2n) is 7.29. The molecule has 0 spiro atoms. The first-order valence-electron chi connectivity index (χ1n) is 9.47. The first-order valence-corrected chi connectivity index (χ1v) is 9.47. The smallest absolute Gasteiger partial charge is 0.123 e. The summed E-state index contributed by atoms with van der Waals surface area (Å²) in [5, 5.41) is 1.18. The fourth-order valence-corrected chi connectivity index (χ4v) is 3.76. The van der Waals surface area contributed by atoms with Crippen molar-refractivity contribution in [3.63, 3.8) is 0 Å². The molecule has 0 saturated carbocycles. The minimum atomic E-state index is -0.212. The summed E-state index contributed by atoms with van der Waals surface area (Å²) in [6.07, 6.45) is 3.88. The summed E-state index contributed by atoms with van der Waals surface area (Å²) in [7, 11) is 2.10. The number of pyridine rings is 1. The number of anilines is 1. The lowest BCUT2D eigenvalue weighted by molar-refractivity contribution is 0.626. The molecule has 2 aromatic heterocycles. The van der Waals surface area contributed by atoms with Gasteiger partial charge < -0.3 is 9.47 Å². The Morgan fingerprint density at radius 2 is 1.52 bits per heavy atom. The van der Waals surface area contributed by atoms with Gasteiger partial charge in [-0.05, 0) is 42.7 Å². The van der Waals surface area contributed by atoms with E-state index in [1.165, 1.54) is 39.9 Å². The molecule has 150 valence electrons. The number of hydrogen-bond acceptors (Lipinski definition) is 2. The maximum Gasteiger partial charge on any atom is 0.123 e. The molecule has 2 heterocycles. The summed E-state index contributed by atoms with van der Waals surface area (Å²) in [6, 6.07) is 17.1. The molecule has 2 aromatic carbocycles. The largest absolute Gasteiger partial charge is 0.360 e. The van der Waals surface area contributed by atoms with Crippen LogP contribution in [0.2, 0.25) is 0 Å². The van der Waals surface area contributed by atoms with Gasteiger partial charge in [-0.1, -0.05) is 42.5 Å². The molecule has 0 fully saturated rings. The van der Waals surface area contributed by atoms with Gasteiger partial charge in [-0.3, -0.25) is 4.98 Å². The summed E-state index contributed by atoms with van der Waals surface area (Å²) in [5.41, 5.74) is 7.06. The van der Waals surface area contributed by atoms with E-state index in [1.54, 1.807) is 0 Å². The van der Waals surface area contributed by atoms with Gasteiger partial charge in [0.15, 0.2) is 0 Å². The van der Waals surface area contributed by atoms with Gasteiger partial charge in [-0.2, -0.15) is 0 Å². The summed E-state index contributed by atoms with van der Waals surface area (Å²) < 4.78 is 15.6. The number of nitrogens with zero attached hydrogens (tertiary/aromatic N) is 3. The highest BCUT2D eigenvalue weighted by atomic mass is 35.5. The summed E-state index contributed by atoms with van der Waals surface area (Å²) in [6.45, 7) is 5.72. The lowest BCUT2D eigenvalue weighted by atomic mass is 10.1. The fraction of sp³-hybridized carbons (Fsp3) is 0.208. The van der Waals surface area contributed by atoms with Crippen molar-refractivity contribution in [2.75, 3.05) is 4.90 Å². The topological polar surface area (TPSA) is 21.1 Å². The highest BCUT2D eigenvalue weighted by Gasteiger charge is 2.18. The van der Waals surface area contributed by atoms with Gasteiger partial charge in [0, 0.05) is 37.4 Å². The number of benzene rings is 2. The molecule has 0 radical (unpaired) electrons. The summed E-state index contributed by atoms with van der Waals surface area (Å²) in [5.74, 6) is -0.212. The van der Waals surface area contributed by atoms with Gasteiger partial charge in [0.1, 0.15) is 5.82 Å². The van der Waals surface area contributed by atoms with E-state index in [4.69, 9.17) is 0 Å². The van der Waals surface area contributed by atoms with Crippen LogP contribution in [0.15, 0.2) is 67.0 Å². The van der Waals surface area contributed by atoms with Crippen LogP contribution in [0.1, 0.15) is 22.4 Å². The summed E-state index contributed by atoms with van der Waals surface area (Å²) in [4.78, 5) is 6.85. The minimum Gasteiger partial charge on any atom is -0.360 e. The van der Waals surface area contributed by atoms with Crippen LogP contribution in [0.3, 0.4) is 0 Å². The van der Waals surface area contributed by atoms with E-state index in [2.05, 4.69) is 59.6 Å². The third kappa shape index (κ3) is 4.13. The van der Waals surface area contributed by atoms with Crippen molar-refractivity contribution in [3.05, 3.63) is 95.2 Å². The molecule has 3 nitrogen and oxygen atoms in total. The predicted molar refractivity (Wildman–Crippen MR) is 120 cm³/mol. The van der Waals surface area contributed by atoms with Crippen LogP contribution in [0.5, 0.6) is 0 Å². The average Bonchev–Trinajstić information content (AvgIpc) is 2.94. The van der Waals surface area contributed by atoms with Crippen LogP contribution < -0.4 is 4.90 Å². The lowest BCUT2D eigenvalue weighted by Crippen LogP contribution is -2.23. The molecule has 0 unspecified atom stereocenters. The Morgan fingerprint density at radius 3 is 2.17 bits per heavy atom. The van der Waals surface area contributed by atoms with Crippen molar-refractivity contribution < 1.29 is 4.39 Å². The molecule has 0 aliphatic rings. The molecule has 0 atom stereocenters. The fourth-order valence-electron chi connectivity index (χ4n) is 3.76. The highest BCUT2D eigenvalue weighted by molar-refractivity contribution is 5.94. The zero-order chi connectivity index (χ0) is 19.7. The van der Waals surface area contributed by atoms with E-state index in [1.807, 2.05) is 30.6 Å². The van der Waals surface area contributed by atoms with Gasteiger partial charge in [0.05, 0.1) is 17.4 Å². The second kappa shape index (κ2) is 8.66. The van der Waals surface area contributed by atoms with E-state index >= 15 is 0 Å². The predicted octanol–water partition coefficient (Wildman–Crippen LogP) is 5.96. The van der Waals surface area contributed by atoms with Gasteiger partial charge in [0.2, 0.25) is 0 Å². The third-order valence-corrected chi connectivity index (χ3v) is 5.53. The maximum atomic E-state index is 13.4. The number of aryl methyl sites for hydroxylation is 2. The Kier molecular flexibility index (Phi) is 6.23. The van der Waals surface area contributed by atoms with Crippen LogP contribution in [-0.4, -0.2) is 9.55 Å². The first-order chi connectivity index (χ1) is 13.5. The molecular formula is C24H25ClFN3. The van der Waals surface area contributed by atoms with Crippen LogP contribution in [-0.2, 0) is 20.1 Å². The molecule has 4 rings (SSSR count). The average molecular weight is 410 g/mol. The Morgan fingerprint density at radius 1 is 0.897 bits per heavy atom. The van der Waals surface area contributed by atoms with Gasteiger partial charge in [0.25, 0.3) is 0 Å². The molecule has 5 heteroatoms. The molecule has 0 N–H and O–H groups in total. The van der Waals surface area contributed by atoms with E-state index in [0.717, 1.165) is 17.8 Å². The van der Waals surface area contributed by atoms with Crippen molar-refractivity contribution in [1.82, 2.24) is 9.55 Å². The van der Waals surface area contributed by atoms with E-state index in [-0.39, 0.29) is 18.2 Å². The Balaban J connectivity index is 0.00000240. The van der Waals surface area contributed by atoms with Gasteiger partial charge in [-0.25, -0.2) is 4.39 Å². The molecule has 0 aliphatic heterocycles. The second-order valence-corrected chi connectivity index (χ2v) is 7.29. The highest BCUT2D eigenvalue weighted by Crippen LogP contribution is 2.33. The van der Waals surface area contributed by atoms with Crippen molar-refractivity contribution in [3.8, 4) is 0 Å². The van der Waals surface area contributed by atoms with Crippen LogP contribution in [0.25, 0.3) is 10.9 Å². The van der Waals surface area contributed by atoms with E-state index < -0.39 is 0 Å². The first kappa shape index (κ1) is 20.9. The molecule has 0 amide bonds. The zero-order valence-corrected chi connectivity index (χ0v) is 17.7. The van der Waals surface area contributed by atoms with Crippen molar-refractivity contribution in [2.24, 2.45) is 7.05 Å². The quantitative estimate of drug-likeness (QED) is 0.405. The standard InChI is InChI=1S/C24H24FN3.ClH/c1-17-18(2)27(3)24-22(17)13-26-14-23(24)28(15-19-7-5-4-6-8-19)16-20-9-11-21(25)12-10-20;/h4-14H,15-16H2,1-3H3;1H. The van der Waals surface area contributed by atoms with Crippen molar-refractivity contribution in [1.29, 1.82) is 0 Å². The normalized spacial score (nSPS) is 10.8.